The van der Waals surface area contributed by atoms with Gasteiger partial charge in [-0.15, -0.1) is 0 Å². The Labute approximate surface area is 309 Å². The largest absolute Gasteiger partial charge is 0.469 e. The van der Waals surface area contributed by atoms with Crippen LogP contribution < -0.4 is 0 Å². The van der Waals surface area contributed by atoms with Gasteiger partial charge in [0.15, 0.2) is 6.10 Å². The lowest BCUT2D eigenvalue weighted by Gasteiger charge is -2.18. The van der Waals surface area contributed by atoms with Gasteiger partial charge in [0.05, 0.1) is 12.7 Å². The van der Waals surface area contributed by atoms with Crippen LogP contribution in [0.15, 0.2) is 72.9 Å². The van der Waals surface area contributed by atoms with Gasteiger partial charge in [-0.1, -0.05) is 132 Å². The number of aliphatic hydroxyl groups is 1. The van der Waals surface area contributed by atoms with E-state index in [1.165, 1.54) is 25.7 Å². The zero-order valence-electron chi connectivity index (χ0n) is 31.6. The predicted molar refractivity (Wildman–Crippen MR) is 208 cm³/mol. The molecule has 0 fully saturated rings. The van der Waals surface area contributed by atoms with E-state index in [1.54, 1.807) is 6.08 Å². The van der Waals surface area contributed by atoms with Crippen LogP contribution in [-0.2, 0) is 28.2 Å². The van der Waals surface area contributed by atoms with Crippen LogP contribution in [0.1, 0.15) is 149 Å². The Hall–Kier alpha value is -2.55. The molecular weight excluding hydrogens is 667 g/mol. The molecule has 0 aromatic carbocycles. The molecule has 9 nitrogen and oxygen atoms in total. The predicted octanol–water partition coefficient (Wildman–Crippen LogP) is 10.5. The Kier molecular flexibility index (Phi) is 34.0. The molecule has 0 bridgehead atoms. The highest BCUT2D eigenvalue weighted by Crippen LogP contribution is 2.36. The number of unbranched alkanes of at least 4 members (excludes halogenated alkanes) is 12. The van der Waals surface area contributed by atoms with Gasteiger partial charge in [-0.3, -0.25) is 14.1 Å². The Morgan fingerprint density at radius 3 is 1.78 bits per heavy atom. The molecule has 0 saturated carbocycles. The van der Waals surface area contributed by atoms with Gasteiger partial charge in [0, 0.05) is 12.8 Å². The van der Waals surface area contributed by atoms with Crippen LogP contribution in [0.2, 0.25) is 0 Å². The maximum absolute atomic E-state index is 12.4. The van der Waals surface area contributed by atoms with Gasteiger partial charge in [-0.25, -0.2) is 4.57 Å². The fraction of sp³-hybridized carbons (Fsp3) is 0.659. The van der Waals surface area contributed by atoms with Crippen molar-refractivity contribution >= 4 is 19.8 Å². The summed E-state index contributed by atoms with van der Waals surface area (Å²) in [4.78, 5) is 42.7. The Morgan fingerprint density at radius 2 is 1.18 bits per heavy atom. The SMILES string of the molecule is CC/C=C/CC(O)/C=C/C=C/CCCCCCCC(=O)O[C@H](COC(=O)CCCCCC/C=C\C/C=C\C/C=C\CCCCC)COP(=O)(O)O. The summed E-state index contributed by atoms with van der Waals surface area (Å²) in [5.41, 5.74) is 0. The van der Waals surface area contributed by atoms with Crippen LogP contribution >= 0.6 is 7.82 Å². The van der Waals surface area contributed by atoms with Crippen molar-refractivity contribution in [3.63, 3.8) is 0 Å². The third-order valence-electron chi connectivity index (χ3n) is 7.79. The number of carbonyl (C=O) groups is 2. The van der Waals surface area contributed by atoms with Gasteiger partial charge < -0.3 is 24.4 Å². The molecule has 0 aliphatic heterocycles. The highest BCUT2D eigenvalue weighted by atomic mass is 31.2. The molecule has 0 spiro atoms. The molecule has 3 N–H and O–H groups in total. The zero-order chi connectivity index (χ0) is 37.7. The molecule has 0 saturated heterocycles. The van der Waals surface area contributed by atoms with Gasteiger partial charge in [0.1, 0.15) is 6.61 Å². The molecule has 0 radical (unpaired) electrons. The van der Waals surface area contributed by atoms with Crippen LogP contribution in [0.25, 0.3) is 0 Å². The topological polar surface area (TPSA) is 140 Å². The lowest BCUT2D eigenvalue weighted by atomic mass is 10.1. The molecule has 10 heteroatoms. The number of hydrogen-bond acceptors (Lipinski definition) is 7. The van der Waals surface area contributed by atoms with Crippen molar-refractivity contribution in [2.75, 3.05) is 13.2 Å². The Morgan fingerprint density at radius 1 is 0.627 bits per heavy atom. The van der Waals surface area contributed by atoms with Crippen molar-refractivity contribution in [2.45, 2.75) is 161 Å². The second-order valence-corrected chi connectivity index (χ2v) is 14.0. The molecule has 0 rings (SSSR count). The van der Waals surface area contributed by atoms with Crippen molar-refractivity contribution in [1.29, 1.82) is 0 Å². The summed E-state index contributed by atoms with van der Waals surface area (Å²) >= 11 is 0. The number of ether oxygens (including phenoxy) is 2. The van der Waals surface area contributed by atoms with E-state index in [2.05, 4.69) is 60.9 Å². The molecule has 292 valence electrons. The highest BCUT2D eigenvalue weighted by molar-refractivity contribution is 7.46. The van der Waals surface area contributed by atoms with Crippen LogP contribution in [0.5, 0.6) is 0 Å². The molecule has 0 amide bonds. The standard InChI is InChI=1S/C41H69O9P/c1-3-5-7-8-9-10-11-12-13-14-15-16-17-20-23-26-30-34-40(43)48-36-39(37-49-51(45,46)47)50-41(44)35-31-27-24-21-18-19-22-25-29-33-38(42)32-28-6-4-2/h6,9-10,12-13,15-16,22,25,28-29,33,38-39,42H,3-5,7-8,11,14,17-21,23-24,26-27,30-32,34-37H2,1-2H3,(H2,45,46,47)/b10-9-,13-12-,16-15-,25-22+,28-6+,33-29+/t38?,39-/m1/s1. The second-order valence-electron chi connectivity index (χ2n) is 12.7. The Balaban J connectivity index is 4.09. The van der Waals surface area contributed by atoms with Crippen LogP contribution in [0.4, 0.5) is 0 Å². The van der Waals surface area contributed by atoms with E-state index in [0.717, 1.165) is 77.0 Å². The molecule has 2 atom stereocenters. The van der Waals surface area contributed by atoms with Crippen LogP contribution in [0, 0.1) is 0 Å². The minimum absolute atomic E-state index is 0.156. The third-order valence-corrected chi connectivity index (χ3v) is 8.27. The number of hydrogen-bond donors (Lipinski definition) is 3. The summed E-state index contributed by atoms with van der Waals surface area (Å²) in [6, 6.07) is 0. The van der Waals surface area contributed by atoms with E-state index < -0.39 is 38.6 Å². The smallest absolute Gasteiger partial charge is 0.462 e. The number of esters is 2. The molecule has 0 aromatic heterocycles. The zero-order valence-corrected chi connectivity index (χ0v) is 32.5. The fourth-order valence-electron chi connectivity index (χ4n) is 4.88. The van der Waals surface area contributed by atoms with E-state index in [4.69, 9.17) is 19.3 Å². The normalized spacial score (nSPS) is 13.9. The Bertz CT molecular complexity index is 1070. The summed E-state index contributed by atoms with van der Waals surface area (Å²) in [6.07, 6.45) is 42.3. The molecule has 0 heterocycles. The van der Waals surface area contributed by atoms with Crippen molar-refractivity contribution < 1.29 is 43.0 Å². The maximum Gasteiger partial charge on any atom is 0.469 e. The van der Waals surface area contributed by atoms with E-state index in [-0.39, 0.29) is 19.4 Å². The van der Waals surface area contributed by atoms with Crippen LogP contribution in [0.3, 0.4) is 0 Å². The summed E-state index contributed by atoms with van der Waals surface area (Å²) in [6.45, 7) is 3.39. The lowest BCUT2D eigenvalue weighted by Crippen LogP contribution is -2.29. The van der Waals surface area contributed by atoms with Gasteiger partial charge in [0.25, 0.3) is 0 Å². The number of allylic oxidation sites excluding steroid dienone is 10. The first-order valence-electron chi connectivity index (χ1n) is 19.3. The van der Waals surface area contributed by atoms with E-state index >= 15 is 0 Å². The van der Waals surface area contributed by atoms with Crippen molar-refractivity contribution in [2.24, 2.45) is 0 Å². The minimum Gasteiger partial charge on any atom is -0.462 e. The summed E-state index contributed by atoms with van der Waals surface area (Å²) in [5.74, 6) is -0.971. The van der Waals surface area contributed by atoms with Gasteiger partial charge in [0.2, 0.25) is 0 Å². The number of carbonyl (C=O) groups excluding carboxylic acids is 2. The highest BCUT2D eigenvalue weighted by Gasteiger charge is 2.22. The molecule has 0 aliphatic carbocycles. The number of phosphoric ester groups is 1. The van der Waals surface area contributed by atoms with Crippen molar-refractivity contribution in [1.82, 2.24) is 0 Å². The van der Waals surface area contributed by atoms with Gasteiger partial charge >= 0.3 is 19.8 Å². The summed E-state index contributed by atoms with van der Waals surface area (Å²) in [7, 11) is -4.78. The summed E-state index contributed by atoms with van der Waals surface area (Å²) in [5, 5.41) is 9.83. The first kappa shape index (κ1) is 48.5. The second kappa shape index (κ2) is 35.8. The summed E-state index contributed by atoms with van der Waals surface area (Å²) < 4.78 is 26.3. The molecular formula is C41H69O9P. The first-order chi connectivity index (χ1) is 24.7. The average molecular weight is 737 g/mol. The van der Waals surface area contributed by atoms with Gasteiger partial charge in [-0.05, 0) is 77.0 Å². The first-order valence-corrected chi connectivity index (χ1v) is 20.9. The van der Waals surface area contributed by atoms with Crippen molar-refractivity contribution in [3.05, 3.63) is 72.9 Å². The number of phosphoric acid groups is 1. The molecule has 0 aliphatic rings. The van der Waals surface area contributed by atoms with E-state index in [0.29, 0.717) is 19.3 Å². The van der Waals surface area contributed by atoms with E-state index in [1.807, 2.05) is 24.3 Å². The number of aliphatic hydroxyl groups excluding tert-OH is 1. The third kappa shape index (κ3) is 38.5. The maximum atomic E-state index is 12.4. The fourth-order valence-corrected chi connectivity index (χ4v) is 5.24. The lowest BCUT2D eigenvalue weighted by molar-refractivity contribution is -0.161. The van der Waals surface area contributed by atoms with Crippen LogP contribution in [-0.4, -0.2) is 52.3 Å². The molecule has 51 heavy (non-hydrogen) atoms. The molecule has 0 aromatic rings. The molecule has 1 unspecified atom stereocenters. The van der Waals surface area contributed by atoms with Crippen molar-refractivity contribution in [3.8, 4) is 0 Å². The monoisotopic (exact) mass is 736 g/mol. The quantitative estimate of drug-likeness (QED) is 0.0194. The number of rotatable bonds is 34. The average Bonchev–Trinajstić information content (AvgIpc) is 3.09. The minimum atomic E-state index is -4.78. The van der Waals surface area contributed by atoms with Gasteiger partial charge in [-0.2, -0.15) is 0 Å². The van der Waals surface area contributed by atoms with E-state index in [9.17, 15) is 19.3 Å².